The van der Waals surface area contributed by atoms with Gasteiger partial charge in [-0.15, -0.1) is 0 Å². The zero-order valence-electron chi connectivity index (χ0n) is 11.6. The summed E-state index contributed by atoms with van der Waals surface area (Å²) >= 11 is 0. The van der Waals surface area contributed by atoms with Crippen LogP contribution in [0.1, 0.15) is 51.2 Å². The Morgan fingerprint density at radius 3 is 2.17 bits per heavy atom. The number of allylic oxidation sites excluding steroid dienone is 1. The molecule has 0 heterocycles. The monoisotopic (exact) mass is 246 g/mol. The van der Waals surface area contributed by atoms with Crippen molar-refractivity contribution in [2.24, 2.45) is 5.92 Å². The largest absolute Gasteiger partial charge is 0.478 e. The van der Waals surface area contributed by atoms with Crippen LogP contribution in [0.2, 0.25) is 0 Å². The summed E-state index contributed by atoms with van der Waals surface area (Å²) in [7, 11) is 0. The average Bonchev–Trinajstić information content (AvgIpc) is 2.34. The maximum absolute atomic E-state index is 10.8. The quantitative estimate of drug-likeness (QED) is 0.785. The van der Waals surface area contributed by atoms with Crippen molar-refractivity contribution in [3.05, 3.63) is 41.5 Å². The first-order chi connectivity index (χ1) is 8.45. The third-order valence-corrected chi connectivity index (χ3v) is 3.33. The van der Waals surface area contributed by atoms with Crippen LogP contribution < -0.4 is 0 Å². The second-order valence-corrected chi connectivity index (χ2v) is 5.02. The fraction of sp³-hybridized carbons (Fsp3) is 0.438. The molecule has 0 aliphatic rings. The van der Waals surface area contributed by atoms with Gasteiger partial charge in [0.15, 0.2) is 0 Å². The van der Waals surface area contributed by atoms with Gasteiger partial charge in [0.2, 0.25) is 0 Å². The summed E-state index contributed by atoms with van der Waals surface area (Å²) in [6.07, 6.45) is 2.42. The summed E-state index contributed by atoms with van der Waals surface area (Å²) in [4.78, 5) is 10.8. The lowest BCUT2D eigenvalue weighted by Gasteiger charge is -2.13. The molecule has 18 heavy (non-hydrogen) atoms. The van der Waals surface area contributed by atoms with Gasteiger partial charge in [-0.2, -0.15) is 0 Å². The van der Waals surface area contributed by atoms with Crippen LogP contribution in [-0.2, 0) is 4.79 Å². The molecule has 0 aliphatic carbocycles. The zero-order chi connectivity index (χ0) is 13.7. The lowest BCUT2D eigenvalue weighted by Crippen LogP contribution is -1.99. The Kier molecular flexibility index (Phi) is 5.14. The molecule has 0 aromatic heterocycles. The van der Waals surface area contributed by atoms with Crippen molar-refractivity contribution in [2.45, 2.75) is 40.0 Å². The third-order valence-electron chi connectivity index (χ3n) is 3.33. The van der Waals surface area contributed by atoms with Gasteiger partial charge in [-0.1, -0.05) is 52.0 Å². The number of rotatable bonds is 5. The van der Waals surface area contributed by atoms with Gasteiger partial charge in [0.1, 0.15) is 0 Å². The topological polar surface area (TPSA) is 37.3 Å². The van der Waals surface area contributed by atoms with Crippen molar-refractivity contribution in [1.82, 2.24) is 0 Å². The van der Waals surface area contributed by atoms with Crippen molar-refractivity contribution < 1.29 is 9.90 Å². The molecule has 0 amide bonds. The highest BCUT2D eigenvalue weighted by atomic mass is 16.4. The minimum Gasteiger partial charge on any atom is -0.478 e. The Hall–Kier alpha value is -1.57. The van der Waals surface area contributed by atoms with Crippen LogP contribution in [0.4, 0.5) is 0 Å². The molecule has 0 radical (unpaired) electrons. The molecule has 98 valence electrons. The highest BCUT2D eigenvalue weighted by Crippen LogP contribution is 2.26. The van der Waals surface area contributed by atoms with E-state index in [2.05, 4.69) is 26.0 Å². The molecule has 1 rings (SSSR count). The first-order valence-corrected chi connectivity index (χ1v) is 6.50. The van der Waals surface area contributed by atoms with Crippen molar-refractivity contribution >= 4 is 11.5 Å². The van der Waals surface area contributed by atoms with E-state index in [1.807, 2.05) is 26.0 Å². The molecule has 1 atom stereocenters. The van der Waals surface area contributed by atoms with Gasteiger partial charge in [-0.05, 0) is 35.0 Å². The molecular weight excluding hydrogens is 224 g/mol. The molecule has 0 aliphatic heterocycles. The second kappa shape index (κ2) is 6.39. The van der Waals surface area contributed by atoms with Gasteiger partial charge in [0.25, 0.3) is 0 Å². The van der Waals surface area contributed by atoms with Crippen LogP contribution in [-0.4, -0.2) is 11.1 Å². The number of carbonyl (C=O) groups is 1. The van der Waals surface area contributed by atoms with Gasteiger partial charge in [0, 0.05) is 6.08 Å². The molecule has 1 unspecified atom stereocenters. The Morgan fingerprint density at radius 2 is 1.78 bits per heavy atom. The van der Waals surface area contributed by atoms with Crippen molar-refractivity contribution in [3.8, 4) is 0 Å². The number of hydrogen-bond acceptors (Lipinski definition) is 1. The lowest BCUT2D eigenvalue weighted by atomic mass is 9.91. The molecule has 1 N–H and O–H groups in total. The maximum Gasteiger partial charge on any atom is 0.328 e. The van der Waals surface area contributed by atoms with E-state index in [0.717, 1.165) is 17.6 Å². The van der Waals surface area contributed by atoms with Crippen LogP contribution in [0, 0.1) is 5.92 Å². The van der Waals surface area contributed by atoms with E-state index in [-0.39, 0.29) is 5.92 Å². The van der Waals surface area contributed by atoms with E-state index in [1.165, 1.54) is 11.6 Å². The average molecular weight is 246 g/mol. The SMILES string of the molecule is CCC(C)c1ccc(/C(=C/C(=O)O)C(C)C)cc1. The molecule has 0 saturated carbocycles. The van der Waals surface area contributed by atoms with E-state index >= 15 is 0 Å². The predicted molar refractivity (Wildman–Crippen MR) is 75.6 cm³/mol. The van der Waals surface area contributed by atoms with E-state index in [1.54, 1.807) is 0 Å². The fourth-order valence-electron chi connectivity index (χ4n) is 1.96. The summed E-state index contributed by atoms with van der Waals surface area (Å²) in [6.45, 7) is 8.39. The number of aliphatic carboxylic acids is 1. The van der Waals surface area contributed by atoms with Crippen LogP contribution in [0.3, 0.4) is 0 Å². The van der Waals surface area contributed by atoms with Crippen LogP contribution in [0.25, 0.3) is 5.57 Å². The molecule has 0 bridgehead atoms. The molecule has 1 aromatic rings. The smallest absolute Gasteiger partial charge is 0.328 e. The minimum atomic E-state index is -0.885. The number of carboxylic acid groups (broad SMARTS) is 1. The van der Waals surface area contributed by atoms with Gasteiger partial charge in [-0.25, -0.2) is 4.79 Å². The molecular formula is C16H22O2. The van der Waals surface area contributed by atoms with Crippen molar-refractivity contribution in [2.75, 3.05) is 0 Å². The fourth-order valence-corrected chi connectivity index (χ4v) is 1.96. The van der Waals surface area contributed by atoms with Gasteiger partial charge < -0.3 is 5.11 Å². The number of hydrogen-bond donors (Lipinski definition) is 1. The Labute approximate surface area is 109 Å². The Balaban J connectivity index is 3.05. The molecule has 0 saturated heterocycles. The van der Waals surface area contributed by atoms with E-state index in [9.17, 15) is 4.79 Å². The van der Waals surface area contributed by atoms with Crippen LogP contribution >= 0.6 is 0 Å². The summed E-state index contributed by atoms with van der Waals surface area (Å²) < 4.78 is 0. The second-order valence-electron chi connectivity index (χ2n) is 5.02. The summed E-state index contributed by atoms with van der Waals surface area (Å²) in [5, 5.41) is 8.90. The Bertz CT molecular complexity index is 427. The van der Waals surface area contributed by atoms with Gasteiger partial charge >= 0.3 is 5.97 Å². The van der Waals surface area contributed by atoms with Crippen molar-refractivity contribution in [1.29, 1.82) is 0 Å². The highest BCUT2D eigenvalue weighted by molar-refractivity contribution is 5.90. The maximum atomic E-state index is 10.8. The Morgan fingerprint density at radius 1 is 1.22 bits per heavy atom. The van der Waals surface area contributed by atoms with E-state index < -0.39 is 5.97 Å². The summed E-state index contributed by atoms with van der Waals surface area (Å²) in [5.41, 5.74) is 3.18. The first-order valence-electron chi connectivity index (χ1n) is 6.50. The zero-order valence-corrected chi connectivity index (χ0v) is 11.6. The standard InChI is InChI=1S/C16H22O2/c1-5-12(4)13-6-8-14(9-7-13)15(11(2)3)10-16(17)18/h6-12H,5H2,1-4H3,(H,17,18)/b15-10+. The molecule has 1 aromatic carbocycles. The number of carboxylic acids is 1. The molecule has 2 nitrogen and oxygen atoms in total. The molecule has 2 heteroatoms. The molecule has 0 fully saturated rings. The lowest BCUT2D eigenvalue weighted by molar-refractivity contribution is -0.131. The first kappa shape index (κ1) is 14.5. The van der Waals surface area contributed by atoms with Crippen LogP contribution in [0.15, 0.2) is 30.3 Å². The van der Waals surface area contributed by atoms with Gasteiger partial charge in [0.05, 0.1) is 0 Å². The number of benzene rings is 1. The normalized spacial score (nSPS) is 13.7. The van der Waals surface area contributed by atoms with Gasteiger partial charge in [-0.3, -0.25) is 0 Å². The highest BCUT2D eigenvalue weighted by Gasteiger charge is 2.09. The third kappa shape index (κ3) is 3.73. The van der Waals surface area contributed by atoms with E-state index in [0.29, 0.717) is 5.92 Å². The summed E-state index contributed by atoms with van der Waals surface area (Å²) in [5.74, 6) is -0.134. The predicted octanol–water partition coefficient (Wildman–Crippen LogP) is 4.32. The minimum absolute atomic E-state index is 0.204. The summed E-state index contributed by atoms with van der Waals surface area (Å²) in [6, 6.07) is 8.25. The van der Waals surface area contributed by atoms with E-state index in [4.69, 9.17) is 5.11 Å². The molecule has 0 spiro atoms. The van der Waals surface area contributed by atoms with Crippen LogP contribution in [0.5, 0.6) is 0 Å². The van der Waals surface area contributed by atoms with Crippen molar-refractivity contribution in [3.63, 3.8) is 0 Å².